The monoisotopic (exact) mass is 313 g/mol. The van der Waals surface area contributed by atoms with E-state index in [0.717, 1.165) is 11.1 Å². The van der Waals surface area contributed by atoms with Crippen molar-refractivity contribution in [2.75, 3.05) is 0 Å². The van der Waals surface area contributed by atoms with E-state index in [-0.39, 0.29) is 17.1 Å². The molecule has 110 valence electrons. The van der Waals surface area contributed by atoms with Gasteiger partial charge in [0.2, 0.25) is 5.88 Å². The van der Waals surface area contributed by atoms with Crippen molar-refractivity contribution in [1.29, 1.82) is 0 Å². The number of halogens is 1. The van der Waals surface area contributed by atoms with Gasteiger partial charge in [0.15, 0.2) is 5.69 Å². The average molecular weight is 314 g/mol. The van der Waals surface area contributed by atoms with Gasteiger partial charge >= 0.3 is 0 Å². The molecule has 22 heavy (non-hydrogen) atoms. The summed E-state index contributed by atoms with van der Waals surface area (Å²) in [6.45, 7) is 1.93. The molecule has 1 heterocycles. The first-order chi connectivity index (χ1) is 10.6. The van der Waals surface area contributed by atoms with E-state index in [4.69, 9.17) is 11.6 Å². The van der Waals surface area contributed by atoms with E-state index in [2.05, 4.69) is 15.2 Å². The molecule has 5 nitrogen and oxygen atoms in total. The van der Waals surface area contributed by atoms with Gasteiger partial charge in [-0.25, -0.2) is 0 Å². The summed E-state index contributed by atoms with van der Waals surface area (Å²) in [6, 6.07) is 12.2. The number of benzene rings is 2. The number of aromatic hydroxyl groups is 1. The van der Waals surface area contributed by atoms with Crippen LogP contribution >= 0.6 is 11.6 Å². The lowest BCUT2D eigenvalue weighted by Gasteiger charge is -1.97. The predicted molar refractivity (Wildman–Crippen MR) is 85.0 cm³/mol. The molecule has 3 rings (SSSR count). The molecule has 0 aliphatic rings. The molecule has 1 amide bonds. The molecule has 0 spiro atoms. The molecule has 0 unspecified atom stereocenters. The molecule has 2 N–H and O–H groups in total. The number of H-pyrrole nitrogens is 1. The highest BCUT2D eigenvalue weighted by molar-refractivity contribution is 6.33. The number of nitrogens with one attached hydrogen (secondary N) is 1. The number of aryl methyl sites for hydroxylation is 1. The average Bonchev–Trinajstić information content (AvgIpc) is 2.80. The van der Waals surface area contributed by atoms with Crippen LogP contribution < -0.4 is 0 Å². The molecule has 3 aromatic rings. The van der Waals surface area contributed by atoms with Crippen molar-refractivity contribution in [2.45, 2.75) is 6.92 Å². The lowest BCUT2D eigenvalue weighted by atomic mass is 10.1. The highest BCUT2D eigenvalue weighted by Gasteiger charge is 2.12. The van der Waals surface area contributed by atoms with Gasteiger partial charge in [-0.15, -0.1) is 10.2 Å². The van der Waals surface area contributed by atoms with Crippen molar-refractivity contribution < 1.29 is 9.90 Å². The third-order valence-electron chi connectivity index (χ3n) is 3.25. The lowest BCUT2D eigenvalue weighted by molar-refractivity contribution is 0.0995. The minimum atomic E-state index is -0.563. The predicted octanol–water partition coefficient (Wildman–Crippen LogP) is 4.76. The van der Waals surface area contributed by atoms with Crippen LogP contribution in [0, 0.1) is 6.92 Å². The third kappa shape index (κ3) is 2.58. The maximum Gasteiger partial charge on any atom is 0.296 e. The molecule has 2 aromatic carbocycles. The normalized spacial score (nSPS) is 11.4. The number of carbonyl (C=O) groups excluding carboxylic acids is 1. The quantitative estimate of drug-likeness (QED) is 0.669. The number of azo groups is 1. The van der Waals surface area contributed by atoms with Crippen LogP contribution in [0.5, 0.6) is 5.88 Å². The zero-order valence-electron chi connectivity index (χ0n) is 11.7. The highest BCUT2D eigenvalue weighted by Crippen LogP contribution is 2.36. The fraction of sp³-hybridized carbons (Fsp3) is 0.0625. The van der Waals surface area contributed by atoms with Crippen molar-refractivity contribution in [3.8, 4) is 5.88 Å². The summed E-state index contributed by atoms with van der Waals surface area (Å²) < 4.78 is 0. The van der Waals surface area contributed by atoms with Gasteiger partial charge < -0.3 is 10.1 Å². The number of carbonyl (C=O) groups is 1. The Morgan fingerprint density at radius 2 is 2.00 bits per heavy atom. The van der Waals surface area contributed by atoms with Crippen LogP contribution in [0.3, 0.4) is 0 Å². The minimum Gasteiger partial charge on any atom is -0.493 e. The van der Waals surface area contributed by atoms with Gasteiger partial charge in [0.05, 0.1) is 16.1 Å². The first-order valence-corrected chi connectivity index (χ1v) is 6.96. The molecule has 0 aliphatic carbocycles. The number of rotatable bonds is 2. The van der Waals surface area contributed by atoms with Gasteiger partial charge in [-0.05, 0) is 31.2 Å². The Hall–Kier alpha value is -2.66. The van der Waals surface area contributed by atoms with E-state index < -0.39 is 5.91 Å². The molecule has 0 aliphatic heterocycles. The van der Waals surface area contributed by atoms with E-state index in [0.29, 0.717) is 10.4 Å². The fourth-order valence-corrected chi connectivity index (χ4v) is 2.38. The summed E-state index contributed by atoms with van der Waals surface area (Å²) in [5.41, 5.74) is 2.24. The Morgan fingerprint density at radius 1 is 1.23 bits per heavy atom. The summed E-state index contributed by atoms with van der Waals surface area (Å²) in [4.78, 5) is 14.8. The topological polar surface area (TPSA) is 77.8 Å². The molecule has 0 fully saturated rings. The van der Waals surface area contributed by atoms with Gasteiger partial charge in [-0.1, -0.05) is 35.4 Å². The highest BCUT2D eigenvalue weighted by atomic mass is 35.5. The maximum absolute atomic E-state index is 12.0. The van der Waals surface area contributed by atoms with Crippen LogP contribution in [0.4, 0.5) is 5.69 Å². The summed E-state index contributed by atoms with van der Waals surface area (Å²) in [5, 5.41) is 18.5. The molecular weight excluding hydrogens is 302 g/mol. The molecule has 0 saturated carbocycles. The smallest absolute Gasteiger partial charge is 0.296 e. The maximum atomic E-state index is 12.0. The number of nitrogens with zero attached hydrogens (tertiary/aromatic N) is 2. The molecule has 0 radical (unpaired) electrons. The zero-order valence-corrected chi connectivity index (χ0v) is 12.4. The second kappa shape index (κ2) is 5.61. The van der Waals surface area contributed by atoms with E-state index in [1.807, 2.05) is 25.1 Å². The molecule has 0 bridgehead atoms. The van der Waals surface area contributed by atoms with E-state index in [1.165, 1.54) is 0 Å². The fourth-order valence-electron chi connectivity index (χ4n) is 2.16. The Kier molecular flexibility index (Phi) is 3.65. The van der Waals surface area contributed by atoms with E-state index in [1.54, 1.807) is 24.3 Å². The number of hydrogen-bond donors (Lipinski definition) is 2. The van der Waals surface area contributed by atoms with Crippen LogP contribution in [-0.4, -0.2) is 16.0 Å². The molecule has 0 atom stereocenters. The van der Waals surface area contributed by atoms with Gasteiger partial charge in [-0.2, -0.15) is 0 Å². The number of aromatic nitrogens is 1. The van der Waals surface area contributed by atoms with Crippen LogP contribution in [0.2, 0.25) is 5.02 Å². The second-order valence-electron chi connectivity index (χ2n) is 4.86. The van der Waals surface area contributed by atoms with Crippen molar-refractivity contribution in [2.24, 2.45) is 10.2 Å². The molecule has 1 aromatic heterocycles. The number of aromatic amines is 1. The van der Waals surface area contributed by atoms with Gasteiger partial charge in [-0.3, -0.25) is 4.79 Å². The first kappa shape index (κ1) is 14.3. The standard InChI is InChI=1S/C16H12ClN3O2/c1-9-6-7-13-11(8-9)14(16(22)18-13)19-20-15(21)10-4-2-3-5-12(10)17/h2-8,18,22H,1H3. The largest absolute Gasteiger partial charge is 0.493 e. The summed E-state index contributed by atoms with van der Waals surface area (Å²) in [6.07, 6.45) is 0. The van der Waals surface area contributed by atoms with Crippen LogP contribution in [0.1, 0.15) is 15.9 Å². The Balaban J connectivity index is 1.99. The van der Waals surface area contributed by atoms with Crippen molar-refractivity contribution in [3.63, 3.8) is 0 Å². The van der Waals surface area contributed by atoms with E-state index >= 15 is 0 Å². The number of hydrogen-bond acceptors (Lipinski definition) is 3. The lowest BCUT2D eigenvalue weighted by Crippen LogP contribution is -1.94. The summed E-state index contributed by atoms with van der Waals surface area (Å²) in [7, 11) is 0. The zero-order chi connectivity index (χ0) is 15.7. The minimum absolute atomic E-state index is 0.128. The summed E-state index contributed by atoms with van der Waals surface area (Å²) >= 11 is 5.95. The molecule has 6 heteroatoms. The molecule has 0 saturated heterocycles. The van der Waals surface area contributed by atoms with Crippen LogP contribution in [0.25, 0.3) is 10.9 Å². The second-order valence-corrected chi connectivity index (χ2v) is 5.26. The van der Waals surface area contributed by atoms with Crippen LogP contribution in [-0.2, 0) is 0 Å². The van der Waals surface area contributed by atoms with E-state index in [9.17, 15) is 9.90 Å². The molecular formula is C16H12ClN3O2. The Morgan fingerprint density at radius 3 is 2.77 bits per heavy atom. The van der Waals surface area contributed by atoms with Gasteiger partial charge in [0.1, 0.15) is 0 Å². The SMILES string of the molecule is Cc1ccc2[nH]c(O)c(N=NC(=O)c3ccccc3Cl)c2c1. The van der Waals surface area contributed by atoms with Gasteiger partial charge in [0.25, 0.3) is 5.91 Å². The van der Waals surface area contributed by atoms with Gasteiger partial charge in [0, 0.05) is 5.39 Å². The first-order valence-electron chi connectivity index (χ1n) is 6.58. The van der Waals surface area contributed by atoms with Crippen molar-refractivity contribution >= 4 is 34.1 Å². The number of amides is 1. The number of fused-ring (bicyclic) bond motifs is 1. The Bertz CT molecular complexity index is 900. The Labute approximate surface area is 131 Å². The summed E-state index contributed by atoms with van der Waals surface area (Å²) in [5.74, 6) is -0.691. The van der Waals surface area contributed by atoms with Crippen molar-refractivity contribution in [3.05, 3.63) is 58.6 Å². The van der Waals surface area contributed by atoms with Crippen molar-refractivity contribution in [1.82, 2.24) is 4.98 Å². The third-order valence-corrected chi connectivity index (χ3v) is 3.58. The van der Waals surface area contributed by atoms with Crippen LogP contribution in [0.15, 0.2) is 52.7 Å².